The van der Waals surface area contributed by atoms with Crippen LogP contribution in [-0.4, -0.2) is 36.7 Å². The molecule has 0 aromatic rings. The Balaban J connectivity index is 2.17. The fourth-order valence-corrected chi connectivity index (χ4v) is 8.64. The lowest BCUT2D eigenvalue weighted by Gasteiger charge is -2.52. The van der Waals surface area contributed by atoms with Crippen LogP contribution in [0.4, 0.5) is 0 Å². The van der Waals surface area contributed by atoms with Crippen LogP contribution in [0.1, 0.15) is 19.3 Å². The number of fused-ring (bicyclic) bond motifs is 1. The van der Waals surface area contributed by atoms with Gasteiger partial charge in [-0.2, -0.15) is 0 Å². The molecule has 5 heteroatoms. The van der Waals surface area contributed by atoms with Crippen LogP contribution in [-0.2, 0) is 26.3 Å². The maximum absolute atomic E-state index is 12.3. The van der Waals surface area contributed by atoms with Gasteiger partial charge in [0.15, 0.2) is 4.08 Å². The van der Waals surface area contributed by atoms with Crippen molar-refractivity contribution in [2.24, 2.45) is 5.92 Å². The highest BCUT2D eigenvalue weighted by Gasteiger charge is 2.65. The smallest absolute Gasteiger partial charge is 0.153 e. The molecule has 16 heavy (non-hydrogen) atoms. The highest BCUT2D eigenvalue weighted by atomic mass is 32.3. The van der Waals surface area contributed by atoms with Gasteiger partial charge in [-0.1, -0.05) is 12.2 Å². The topological polar surface area (TPSA) is 43.4 Å². The first-order valence-corrected chi connectivity index (χ1v) is 8.30. The monoisotopic (exact) mass is 260 g/mol. The second-order valence-electron chi connectivity index (χ2n) is 4.81. The SMILES string of the molecule is CO[C@]12C=C[C@H](CC1)CC21[S@](=O)CC[S@@]1=O. The Morgan fingerprint density at radius 3 is 2.50 bits per heavy atom. The van der Waals surface area contributed by atoms with Gasteiger partial charge >= 0.3 is 0 Å². The molecule has 90 valence electrons. The van der Waals surface area contributed by atoms with E-state index in [0.29, 0.717) is 17.4 Å². The fraction of sp³-hybridized carbons (Fsp3) is 0.818. The third kappa shape index (κ3) is 1.12. The van der Waals surface area contributed by atoms with Crippen molar-refractivity contribution in [1.29, 1.82) is 0 Å². The number of ether oxygens (including phenoxy) is 1. The molecule has 1 aliphatic heterocycles. The summed E-state index contributed by atoms with van der Waals surface area (Å²) >= 11 is 0. The molecular formula is C11H16O3S2. The van der Waals surface area contributed by atoms with Gasteiger partial charge in [-0.25, -0.2) is 0 Å². The highest BCUT2D eigenvalue weighted by Crippen LogP contribution is 2.54. The van der Waals surface area contributed by atoms with E-state index in [1.54, 1.807) is 7.11 Å². The van der Waals surface area contributed by atoms with Crippen molar-refractivity contribution in [1.82, 2.24) is 0 Å². The van der Waals surface area contributed by atoms with E-state index < -0.39 is 31.3 Å². The van der Waals surface area contributed by atoms with Crippen LogP contribution < -0.4 is 0 Å². The molecule has 0 amide bonds. The van der Waals surface area contributed by atoms with E-state index >= 15 is 0 Å². The van der Waals surface area contributed by atoms with Crippen molar-refractivity contribution in [3.05, 3.63) is 12.2 Å². The molecule has 2 bridgehead atoms. The molecule has 3 aliphatic carbocycles. The van der Waals surface area contributed by atoms with Crippen molar-refractivity contribution in [2.75, 3.05) is 18.6 Å². The summed E-state index contributed by atoms with van der Waals surface area (Å²) in [6.45, 7) is 0. The summed E-state index contributed by atoms with van der Waals surface area (Å²) in [6.07, 6.45) is 6.90. The van der Waals surface area contributed by atoms with Crippen molar-refractivity contribution < 1.29 is 13.2 Å². The van der Waals surface area contributed by atoms with Gasteiger partial charge in [0, 0.05) is 40.2 Å². The largest absolute Gasteiger partial charge is 0.372 e. The summed E-state index contributed by atoms with van der Waals surface area (Å²) in [5.74, 6) is 1.58. The third-order valence-electron chi connectivity index (χ3n) is 4.25. The van der Waals surface area contributed by atoms with Gasteiger partial charge in [0.2, 0.25) is 0 Å². The normalized spacial score (nSPS) is 54.9. The van der Waals surface area contributed by atoms with Crippen molar-refractivity contribution in [3.8, 4) is 0 Å². The minimum Gasteiger partial charge on any atom is -0.372 e. The van der Waals surface area contributed by atoms with Gasteiger partial charge in [-0.05, 0) is 25.2 Å². The maximum Gasteiger partial charge on any atom is 0.153 e. The Labute approximate surface area is 101 Å². The quantitative estimate of drug-likeness (QED) is 0.659. The summed E-state index contributed by atoms with van der Waals surface area (Å²) in [5.41, 5.74) is -0.534. The second-order valence-corrected chi connectivity index (χ2v) is 8.66. The predicted molar refractivity (Wildman–Crippen MR) is 65.0 cm³/mol. The molecule has 0 aromatic heterocycles. The molecule has 0 aromatic carbocycles. The minimum absolute atomic E-state index is 0.447. The van der Waals surface area contributed by atoms with Crippen LogP contribution in [0.5, 0.6) is 0 Å². The lowest BCUT2D eigenvalue weighted by Crippen LogP contribution is -2.62. The zero-order chi connectivity index (χ0) is 11.4. The van der Waals surface area contributed by atoms with Gasteiger partial charge in [-0.3, -0.25) is 8.42 Å². The third-order valence-corrected chi connectivity index (χ3v) is 9.27. The first-order valence-electron chi connectivity index (χ1n) is 5.66. The van der Waals surface area contributed by atoms with Crippen molar-refractivity contribution in [3.63, 3.8) is 0 Å². The van der Waals surface area contributed by atoms with Crippen LogP contribution in [0.3, 0.4) is 0 Å². The summed E-state index contributed by atoms with van der Waals surface area (Å²) in [5, 5.41) is 0. The number of hydrogen-bond donors (Lipinski definition) is 0. The average Bonchev–Trinajstić information content (AvgIpc) is 2.60. The van der Waals surface area contributed by atoms with Gasteiger partial charge in [0.05, 0.1) is 0 Å². The zero-order valence-corrected chi connectivity index (χ0v) is 10.9. The molecule has 4 rings (SSSR count). The molecule has 4 aliphatic rings. The molecule has 1 heterocycles. The Morgan fingerprint density at radius 2 is 2.00 bits per heavy atom. The van der Waals surface area contributed by atoms with Crippen LogP contribution in [0.15, 0.2) is 12.2 Å². The molecule has 1 unspecified atom stereocenters. The standard InChI is InChI=1S/C11H16O3S2/c1-14-10-4-2-9(3-5-10)8-11(10)15(12)6-7-16(11)13/h2,4,9H,3,5-8H2,1H3/t9-,10-,11?,15-,16+/m1/s1. The molecule has 1 spiro atoms. The molecular weight excluding hydrogens is 244 g/mol. The van der Waals surface area contributed by atoms with E-state index in [9.17, 15) is 8.42 Å². The number of rotatable bonds is 1. The van der Waals surface area contributed by atoms with Gasteiger partial charge in [-0.15, -0.1) is 0 Å². The van der Waals surface area contributed by atoms with Crippen LogP contribution in [0, 0.1) is 5.92 Å². The Bertz CT molecular complexity index is 388. The van der Waals surface area contributed by atoms with Crippen LogP contribution in [0.25, 0.3) is 0 Å². The van der Waals surface area contributed by atoms with Gasteiger partial charge < -0.3 is 4.74 Å². The molecule has 1 saturated heterocycles. The Hall–Kier alpha value is -0.000000000000000111. The average molecular weight is 260 g/mol. The predicted octanol–water partition coefficient (Wildman–Crippen LogP) is 0.949. The van der Waals surface area contributed by atoms with Crippen LogP contribution >= 0.6 is 0 Å². The highest BCUT2D eigenvalue weighted by molar-refractivity contribution is 8.07. The van der Waals surface area contributed by atoms with E-state index in [4.69, 9.17) is 4.74 Å². The lowest BCUT2D eigenvalue weighted by atomic mass is 9.72. The van der Waals surface area contributed by atoms with E-state index in [1.807, 2.05) is 6.08 Å². The van der Waals surface area contributed by atoms with Crippen molar-refractivity contribution >= 4 is 21.6 Å². The minimum atomic E-state index is -1.01. The number of methoxy groups -OCH3 is 1. The number of hydrogen-bond acceptors (Lipinski definition) is 3. The zero-order valence-electron chi connectivity index (χ0n) is 9.31. The van der Waals surface area contributed by atoms with E-state index in [-0.39, 0.29) is 0 Å². The summed E-state index contributed by atoms with van der Waals surface area (Å²) in [7, 11) is -0.369. The lowest BCUT2D eigenvalue weighted by molar-refractivity contribution is -0.0200. The molecule has 0 radical (unpaired) electrons. The van der Waals surface area contributed by atoms with Crippen LogP contribution in [0.2, 0.25) is 0 Å². The van der Waals surface area contributed by atoms with Crippen molar-refractivity contribution in [2.45, 2.75) is 28.9 Å². The molecule has 1 saturated carbocycles. The fourth-order valence-electron chi connectivity index (χ4n) is 3.36. The van der Waals surface area contributed by atoms with Gasteiger partial charge in [0.1, 0.15) is 5.60 Å². The van der Waals surface area contributed by atoms with E-state index in [2.05, 4.69) is 6.08 Å². The summed E-state index contributed by atoms with van der Waals surface area (Å²) in [6, 6.07) is 0. The van der Waals surface area contributed by atoms with E-state index in [0.717, 1.165) is 19.3 Å². The number of allylic oxidation sites excluding steroid dienone is 1. The second kappa shape index (κ2) is 3.50. The molecule has 0 N–H and O–H groups in total. The molecule has 5 atom stereocenters. The van der Waals surface area contributed by atoms with Gasteiger partial charge in [0.25, 0.3) is 0 Å². The molecule has 3 nitrogen and oxygen atoms in total. The maximum atomic E-state index is 12.3. The van der Waals surface area contributed by atoms with E-state index in [1.165, 1.54) is 0 Å². The first kappa shape index (κ1) is 11.1. The summed E-state index contributed by atoms with van der Waals surface area (Å²) in [4.78, 5) is 0. The Morgan fingerprint density at radius 1 is 1.31 bits per heavy atom. The Kier molecular flexibility index (Phi) is 2.43. The summed E-state index contributed by atoms with van der Waals surface area (Å²) < 4.78 is 29.7. The molecule has 2 fully saturated rings. The first-order chi connectivity index (χ1) is 7.64.